The molecule has 2 atom stereocenters. The van der Waals surface area contributed by atoms with E-state index in [2.05, 4.69) is 19.2 Å². The Morgan fingerprint density at radius 3 is 1.25 bits per heavy atom. The lowest BCUT2D eigenvalue weighted by Crippen LogP contribution is -2.49. The van der Waals surface area contributed by atoms with Crippen LogP contribution in [0.2, 0.25) is 0 Å². The fraction of sp³-hybridized carbons (Fsp3) is 0.930. The van der Waals surface area contributed by atoms with Gasteiger partial charge in [0.2, 0.25) is 5.91 Å². The number of hydrogen-bond acceptors (Lipinski definition) is 7. The van der Waals surface area contributed by atoms with Gasteiger partial charge in [0.1, 0.15) is 6.04 Å². The molecule has 8 nitrogen and oxygen atoms in total. The second-order valence-electron chi connectivity index (χ2n) is 15.1. The molecule has 0 aromatic carbocycles. The van der Waals surface area contributed by atoms with Gasteiger partial charge in [0, 0.05) is 6.42 Å². The number of amides is 1. The lowest BCUT2D eigenvalue weighted by atomic mass is 10.0. The Bertz CT molecular complexity index is 781. The zero-order chi connectivity index (χ0) is 37.5. The summed E-state index contributed by atoms with van der Waals surface area (Å²) in [5.41, 5.74) is 11.6. The quantitative estimate of drug-likeness (QED) is 0.0423. The molecule has 0 fully saturated rings. The normalized spacial score (nSPS) is 12.5. The van der Waals surface area contributed by atoms with Crippen molar-refractivity contribution in [3.05, 3.63) is 0 Å². The summed E-state index contributed by atoms with van der Waals surface area (Å²) in [5.74, 6) is -1.26. The molecule has 0 heterocycles. The maximum Gasteiger partial charge on any atom is 0.328 e. The van der Waals surface area contributed by atoms with Crippen LogP contribution in [-0.2, 0) is 23.9 Å². The SMILES string of the molecule is CCCCCCCCCCCCCCCCOC(=O)CC[C@H](NC(=O)[C@@H](N)CCCCN)C(=O)OCCCCCCCCCCCCCCCC. The molecule has 8 heteroatoms. The van der Waals surface area contributed by atoms with Crippen LogP contribution in [0, 0.1) is 0 Å². The molecule has 302 valence electrons. The number of hydrogen-bond donors (Lipinski definition) is 3. The predicted molar refractivity (Wildman–Crippen MR) is 215 cm³/mol. The van der Waals surface area contributed by atoms with Crippen LogP contribution in [0.25, 0.3) is 0 Å². The van der Waals surface area contributed by atoms with Crippen molar-refractivity contribution in [2.45, 2.75) is 238 Å². The molecule has 0 saturated heterocycles. The molecule has 0 unspecified atom stereocenters. The van der Waals surface area contributed by atoms with Crippen molar-refractivity contribution in [2.75, 3.05) is 19.8 Å². The van der Waals surface area contributed by atoms with Crippen molar-refractivity contribution in [3.8, 4) is 0 Å². The zero-order valence-corrected chi connectivity index (χ0v) is 33.8. The van der Waals surface area contributed by atoms with E-state index in [9.17, 15) is 14.4 Å². The largest absolute Gasteiger partial charge is 0.466 e. The van der Waals surface area contributed by atoms with Crippen LogP contribution in [0.3, 0.4) is 0 Å². The lowest BCUT2D eigenvalue weighted by molar-refractivity contribution is -0.149. The Hall–Kier alpha value is -1.67. The molecule has 0 aromatic heterocycles. The van der Waals surface area contributed by atoms with Crippen LogP contribution >= 0.6 is 0 Å². The lowest BCUT2D eigenvalue weighted by Gasteiger charge is -2.20. The Balaban J connectivity index is 4.20. The first-order chi connectivity index (χ1) is 25.0. The average molecular weight is 724 g/mol. The Labute approximate surface area is 315 Å². The minimum Gasteiger partial charge on any atom is -0.466 e. The van der Waals surface area contributed by atoms with E-state index in [-0.39, 0.29) is 18.8 Å². The van der Waals surface area contributed by atoms with E-state index >= 15 is 0 Å². The number of rotatable bonds is 40. The van der Waals surface area contributed by atoms with Gasteiger partial charge in [0.25, 0.3) is 0 Å². The van der Waals surface area contributed by atoms with Crippen LogP contribution < -0.4 is 16.8 Å². The molecule has 0 aliphatic heterocycles. The smallest absolute Gasteiger partial charge is 0.328 e. The number of esters is 2. The number of nitrogens with two attached hydrogens (primary N) is 2. The van der Waals surface area contributed by atoms with Gasteiger partial charge in [-0.15, -0.1) is 0 Å². The Morgan fingerprint density at radius 1 is 0.490 bits per heavy atom. The van der Waals surface area contributed by atoms with Gasteiger partial charge in [0.15, 0.2) is 0 Å². The minimum absolute atomic E-state index is 0.0416. The third-order valence-corrected chi connectivity index (χ3v) is 10.0. The molecule has 0 aliphatic carbocycles. The first kappa shape index (κ1) is 49.3. The second-order valence-corrected chi connectivity index (χ2v) is 15.1. The maximum atomic E-state index is 13.0. The molecule has 5 N–H and O–H groups in total. The molecule has 51 heavy (non-hydrogen) atoms. The van der Waals surface area contributed by atoms with Crippen molar-refractivity contribution in [3.63, 3.8) is 0 Å². The summed E-state index contributed by atoms with van der Waals surface area (Å²) >= 11 is 0. The van der Waals surface area contributed by atoms with Gasteiger partial charge in [-0.2, -0.15) is 0 Å². The third kappa shape index (κ3) is 35.1. The van der Waals surface area contributed by atoms with Gasteiger partial charge in [0.05, 0.1) is 19.3 Å². The number of ether oxygens (including phenoxy) is 2. The number of carbonyl (C=O) groups is 3. The van der Waals surface area contributed by atoms with E-state index in [4.69, 9.17) is 20.9 Å². The highest BCUT2D eigenvalue weighted by atomic mass is 16.5. The number of nitrogens with one attached hydrogen (secondary N) is 1. The minimum atomic E-state index is -0.918. The standard InChI is InChI=1S/C43H85N3O5/c1-3-5-7-9-11-13-15-17-19-21-23-25-27-31-37-50-41(47)35-34-40(46-42(48)39(45)33-29-30-36-44)43(49)51-38-32-28-26-24-22-20-18-16-14-12-10-8-6-4-2/h39-40H,3-38,44-45H2,1-2H3,(H,46,48)/t39-,40-/m0/s1. The van der Waals surface area contributed by atoms with Gasteiger partial charge in [-0.1, -0.05) is 187 Å². The summed E-state index contributed by atoms with van der Waals surface area (Å²) < 4.78 is 11.0. The predicted octanol–water partition coefficient (Wildman–Crippen LogP) is 10.8. The topological polar surface area (TPSA) is 134 Å². The summed E-state index contributed by atoms with van der Waals surface area (Å²) in [5, 5.41) is 2.75. The van der Waals surface area contributed by atoms with E-state index in [0.29, 0.717) is 26.2 Å². The molecular formula is C43H85N3O5. The summed E-state index contributed by atoms with van der Waals surface area (Å²) in [6.07, 6.45) is 37.7. The van der Waals surface area contributed by atoms with Crippen LogP contribution in [0.15, 0.2) is 0 Å². The average Bonchev–Trinajstić information content (AvgIpc) is 3.13. The van der Waals surface area contributed by atoms with Gasteiger partial charge in [-0.05, 0) is 38.6 Å². The second kappa shape index (κ2) is 39.5. The first-order valence-corrected chi connectivity index (χ1v) is 22.0. The monoisotopic (exact) mass is 724 g/mol. The van der Waals surface area contributed by atoms with Gasteiger partial charge >= 0.3 is 11.9 Å². The molecule has 0 saturated carbocycles. The highest BCUT2D eigenvalue weighted by Gasteiger charge is 2.26. The van der Waals surface area contributed by atoms with Crippen molar-refractivity contribution in [2.24, 2.45) is 11.5 Å². The van der Waals surface area contributed by atoms with Crippen LogP contribution in [-0.4, -0.2) is 49.7 Å². The highest BCUT2D eigenvalue weighted by molar-refractivity contribution is 5.87. The van der Waals surface area contributed by atoms with E-state index in [1.165, 1.54) is 148 Å². The van der Waals surface area contributed by atoms with Gasteiger partial charge in [-0.25, -0.2) is 4.79 Å². The molecule has 1 amide bonds. The first-order valence-electron chi connectivity index (χ1n) is 22.0. The van der Waals surface area contributed by atoms with Crippen molar-refractivity contribution in [1.82, 2.24) is 5.32 Å². The molecule has 0 spiro atoms. The fourth-order valence-corrected chi connectivity index (χ4v) is 6.55. The number of unbranched alkanes of at least 4 members (excludes halogenated alkanes) is 27. The van der Waals surface area contributed by atoms with E-state index in [1.807, 2.05) is 0 Å². The molecule has 0 aliphatic rings. The van der Waals surface area contributed by atoms with Crippen molar-refractivity contribution >= 4 is 17.8 Å². The summed E-state index contributed by atoms with van der Waals surface area (Å²) in [7, 11) is 0. The van der Waals surface area contributed by atoms with Crippen molar-refractivity contribution < 1.29 is 23.9 Å². The molecule has 0 bridgehead atoms. The van der Waals surface area contributed by atoms with E-state index in [1.54, 1.807) is 0 Å². The van der Waals surface area contributed by atoms with Gasteiger partial charge in [-0.3, -0.25) is 9.59 Å². The Kier molecular flexibility index (Phi) is 38.2. The highest BCUT2D eigenvalue weighted by Crippen LogP contribution is 2.15. The fourth-order valence-electron chi connectivity index (χ4n) is 6.55. The summed E-state index contributed by atoms with van der Waals surface area (Å²) in [6, 6.07) is -1.65. The van der Waals surface area contributed by atoms with Crippen molar-refractivity contribution in [1.29, 1.82) is 0 Å². The summed E-state index contributed by atoms with van der Waals surface area (Å²) in [6.45, 7) is 5.78. The summed E-state index contributed by atoms with van der Waals surface area (Å²) in [4.78, 5) is 38.2. The van der Waals surface area contributed by atoms with E-state index in [0.717, 1.165) is 44.9 Å². The maximum absolute atomic E-state index is 13.0. The van der Waals surface area contributed by atoms with Crippen LogP contribution in [0.5, 0.6) is 0 Å². The van der Waals surface area contributed by atoms with Crippen LogP contribution in [0.1, 0.15) is 226 Å². The molecule has 0 radical (unpaired) electrons. The van der Waals surface area contributed by atoms with E-state index < -0.39 is 24.0 Å². The Morgan fingerprint density at radius 2 is 0.863 bits per heavy atom. The van der Waals surface area contributed by atoms with Crippen LogP contribution in [0.4, 0.5) is 0 Å². The molecule has 0 aromatic rings. The van der Waals surface area contributed by atoms with Gasteiger partial charge < -0.3 is 26.3 Å². The zero-order valence-electron chi connectivity index (χ0n) is 33.8. The number of carbonyl (C=O) groups excluding carboxylic acids is 3. The third-order valence-electron chi connectivity index (χ3n) is 10.0. The molecular weight excluding hydrogens is 638 g/mol. The molecule has 0 rings (SSSR count).